The van der Waals surface area contributed by atoms with Crippen LogP contribution in [0.3, 0.4) is 0 Å². The van der Waals surface area contributed by atoms with E-state index in [0.29, 0.717) is 5.69 Å². The summed E-state index contributed by atoms with van der Waals surface area (Å²) >= 11 is 0. The number of hydrogen-bond donors (Lipinski definition) is 1. The van der Waals surface area contributed by atoms with Gasteiger partial charge < -0.3 is 10.3 Å². The number of rotatable bonds is 2. The van der Waals surface area contributed by atoms with E-state index in [1.807, 2.05) is 36.5 Å². The molecule has 0 saturated heterocycles. The van der Waals surface area contributed by atoms with Crippen LogP contribution in [0.25, 0.3) is 5.69 Å². The normalized spacial score (nSPS) is 10.0. The Morgan fingerprint density at radius 1 is 1.07 bits per heavy atom. The molecule has 2 aromatic rings. The number of amides is 1. The second kappa shape index (κ2) is 3.38. The predicted molar refractivity (Wildman–Crippen MR) is 54.3 cm³/mol. The third-order valence-corrected chi connectivity index (χ3v) is 2.04. The van der Waals surface area contributed by atoms with Crippen molar-refractivity contribution < 1.29 is 4.79 Å². The van der Waals surface area contributed by atoms with Gasteiger partial charge in [0, 0.05) is 11.9 Å². The van der Waals surface area contributed by atoms with E-state index in [-0.39, 0.29) is 0 Å². The predicted octanol–water partition coefficient (Wildman–Crippen LogP) is 1.58. The first-order valence-corrected chi connectivity index (χ1v) is 4.31. The van der Waals surface area contributed by atoms with Crippen molar-refractivity contribution in [2.75, 3.05) is 0 Å². The fourth-order valence-electron chi connectivity index (χ4n) is 1.40. The average molecular weight is 186 g/mol. The Bertz CT molecular complexity index is 445. The molecule has 0 radical (unpaired) electrons. The van der Waals surface area contributed by atoms with Crippen molar-refractivity contribution in [1.29, 1.82) is 0 Å². The van der Waals surface area contributed by atoms with Crippen LogP contribution in [0, 0.1) is 0 Å². The van der Waals surface area contributed by atoms with Crippen LogP contribution < -0.4 is 5.73 Å². The highest BCUT2D eigenvalue weighted by Crippen LogP contribution is 2.11. The summed E-state index contributed by atoms with van der Waals surface area (Å²) in [6.07, 6.45) is 1.81. The summed E-state index contributed by atoms with van der Waals surface area (Å²) in [7, 11) is 0. The lowest BCUT2D eigenvalue weighted by atomic mass is 10.3. The van der Waals surface area contributed by atoms with E-state index in [2.05, 4.69) is 0 Å². The molecule has 0 aliphatic rings. The standard InChI is InChI=1S/C11H10N2O/c12-11(14)10-7-4-8-13(10)9-5-2-1-3-6-9/h1-8H,(H2,12,14). The van der Waals surface area contributed by atoms with Gasteiger partial charge in [0.15, 0.2) is 0 Å². The second-order valence-electron chi connectivity index (χ2n) is 2.96. The minimum Gasteiger partial charge on any atom is -0.364 e. The summed E-state index contributed by atoms with van der Waals surface area (Å²) in [6.45, 7) is 0. The Balaban J connectivity index is 2.52. The maximum Gasteiger partial charge on any atom is 0.265 e. The van der Waals surface area contributed by atoms with Crippen LogP contribution in [-0.2, 0) is 0 Å². The maximum absolute atomic E-state index is 11.1. The van der Waals surface area contributed by atoms with E-state index >= 15 is 0 Å². The van der Waals surface area contributed by atoms with Crippen LogP contribution in [0.5, 0.6) is 0 Å². The molecule has 70 valence electrons. The van der Waals surface area contributed by atoms with Gasteiger partial charge in [0.2, 0.25) is 0 Å². The number of carbonyl (C=O) groups excluding carboxylic acids is 1. The number of benzene rings is 1. The van der Waals surface area contributed by atoms with E-state index in [0.717, 1.165) is 5.69 Å². The third kappa shape index (κ3) is 1.40. The minimum atomic E-state index is -0.418. The number of aromatic nitrogens is 1. The van der Waals surface area contributed by atoms with Crippen molar-refractivity contribution in [2.24, 2.45) is 5.73 Å². The molecular formula is C11H10N2O. The Morgan fingerprint density at radius 3 is 2.43 bits per heavy atom. The molecule has 1 aromatic heterocycles. The van der Waals surface area contributed by atoms with Gasteiger partial charge in [-0.1, -0.05) is 18.2 Å². The molecule has 0 unspecified atom stereocenters. The number of carbonyl (C=O) groups is 1. The van der Waals surface area contributed by atoms with Crippen LogP contribution in [0.2, 0.25) is 0 Å². The Labute approximate surface area is 81.8 Å². The molecule has 0 spiro atoms. The molecule has 0 bridgehead atoms. The summed E-state index contributed by atoms with van der Waals surface area (Å²) in [5, 5.41) is 0. The van der Waals surface area contributed by atoms with Gasteiger partial charge in [0.05, 0.1) is 0 Å². The summed E-state index contributed by atoms with van der Waals surface area (Å²) in [5.74, 6) is -0.418. The van der Waals surface area contributed by atoms with Crippen LogP contribution in [0.15, 0.2) is 48.7 Å². The molecule has 0 saturated carbocycles. The van der Waals surface area contributed by atoms with E-state index in [1.54, 1.807) is 16.7 Å². The monoisotopic (exact) mass is 186 g/mol. The van der Waals surface area contributed by atoms with Gasteiger partial charge in [-0.2, -0.15) is 0 Å². The topological polar surface area (TPSA) is 48.0 Å². The van der Waals surface area contributed by atoms with Crippen molar-refractivity contribution in [3.63, 3.8) is 0 Å². The molecule has 0 aliphatic heterocycles. The van der Waals surface area contributed by atoms with Crippen molar-refractivity contribution in [2.45, 2.75) is 0 Å². The second-order valence-corrected chi connectivity index (χ2v) is 2.96. The molecule has 1 amide bonds. The van der Waals surface area contributed by atoms with Crippen molar-refractivity contribution in [3.05, 3.63) is 54.4 Å². The van der Waals surface area contributed by atoms with Crippen molar-refractivity contribution in [3.8, 4) is 5.69 Å². The quantitative estimate of drug-likeness (QED) is 0.760. The zero-order valence-electron chi connectivity index (χ0n) is 7.55. The molecule has 1 aromatic carbocycles. The number of nitrogens with two attached hydrogens (primary N) is 1. The zero-order chi connectivity index (χ0) is 9.97. The van der Waals surface area contributed by atoms with Crippen LogP contribution >= 0.6 is 0 Å². The summed E-state index contributed by atoms with van der Waals surface area (Å²) < 4.78 is 1.77. The smallest absolute Gasteiger partial charge is 0.265 e. The van der Waals surface area contributed by atoms with Gasteiger partial charge in [-0.05, 0) is 24.3 Å². The van der Waals surface area contributed by atoms with E-state index in [1.165, 1.54) is 0 Å². The fraction of sp³-hybridized carbons (Fsp3) is 0. The van der Waals surface area contributed by atoms with Crippen molar-refractivity contribution in [1.82, 2.24) is 4.57 Å². The largest absolute Gasteiger partial charge is 0.364 e. The minimum absolute atomic E-state index is 0.418. The first-order chi connectivity index (χ1) is 6.79. The van der Waals surface area contributed by atoms with Gasteiger partial charge in [0.1, 0.15) is 5.69 Å². The molecule has 1 heterocycles. The molecule has 3 heteroatoms. The number of nitrogens with zero attached hydrogens (tertiary/aromatic N) is 1. The van der Waals surface area contributed by atoms with E-state index < -0.39 is 5.91 Å². The fourth-order valence-corrected chi connectivity index (χ4v) is 1.40. The SMILES string of the molecule is NC(=O)c1cccn1-c1ccccc1. The molecule has 0 atom stereocenters. The Hall–Kier alpha value is -2.03. The number of para-hydroxylation sites is 1. The van der Waals surface area contributed by atoms with Crippen molar-refractivity contribution >= 4 is 5.91 Å². The lowest BCUT2D eigenvalue weighted by molar-refractivity contribution is 0.0994. The lowest BCUT2D eigenvalue weighted by Crippen LogP contribution is -2.15. The van der Waals surface area contributed by atoms with E-state index in [4.69, 9.17) is 5.73 Å². The average Bonchev–Trinajstić information content (AvgIpc) is 2.67. The molecule has 3 nitrogen and oxygen atoms in total. The van der Waals surface area contributed by atoms with Crippen LogP contribution in [0.4, 0.5) is 0 Å². The summed E-state index contributed by atoms with van der Waals surface area (Å²) in [5.41, 5.74) is 6.67. The van der Waals surface area contributed by atoms with E-state index in [9.17, 15) is 4.79 Å². The third-order valence-electron chi connectivity index (χ3n) is 2.04. The Morgan fingerprint density at radius 2 is 1.79 bits per heavy atom. The summed E-state index contributed by atoms with van der Waals surface area (Å²) in [4.78, 5) is 11.1. The first kappa shape index (κ1) is 8.56. The van der Waals surface area contributed by atoms with Gasteiger partial charge in [-0.3, -0.25) is 4.79 Å². The zero-order valence-corrected chi connectivity index (χ0v) is 7.55. The highest BCUT2D eigenvalue weighted by atomic mass is 16.1. The molecular weight excluding hydrogens is 176 g/mol. The molecule has 14 heavy (non-hydrogen) atoms. The highest BCUT2D eigenvalue weighted by molar-refractivity contribution is 5.91. The molecule has 2 rings (SSSR count). The maximum atomic E-state index is 11.1. The molecule has 2 N–H and O–H groups in total. The summed E-state index contributed by atoms with van der Waals surface area (Å²) in [6, 6.07) is 13.1. The van der Waals surface area contributed by atoms with Crippen LogP contribution in [0.1, 0.15) is 10.5 Å². The highest BCUT2D eigenvalue weighted by Gasteiger charge is 2.06. The van der Waals surface area contributed by atoms with Gasteiger partial charge in [-0.25, -0.2) is 0 Å². The first-order valence-electron chi connectivity index (χ1n) is 4.31. The van der Waals surface area contributed by atoms with Gasteiger partial charge >= 0.3 is 0 Å². The number of hydrogen-bond acceptors (Lipinski definition) is 1. The van der Waals surface area contributed by atoms with Gasteiger partial charge in [0.25, 0.3) is 5.91 Å². The molecule has 0 aliphatic carbocycles. The lowest BCUT2D eigenvalue weighted by Gasteiger charge is -2.05. The number of primary amides is 1. The Kier molecular flexibility index (Phi) is 2.07. The molecule has 0 fully saturated rings. The van der Waals surface area contributed by atoms with Crippen LogP contribution in [-0.4, -0.2) is 10.5 Å². The van der Waals surface area contributed by atoms with Gasteiger partial charge in [-0.15, -0.1) is 0 Å².